The van der Waals surface area contributed by atoms with Crippen molar-refractivity contribution in [1.82, 2.24) is 10.2 Å². The number of nitrogens with one attached hydrogen (secondary N) is 1. The monoisotopic (exact) mass is 306 g/mol. The summed E-state index contributed by atoms with van der Waals surface area (Å²) in [6.07, 6.45) is 3.59. The maximum Gasteiger partial charge on any atom is 0.317 e. The number of carboxylic acid groups (broad SMARTS) is 1. The average molecular weight is 306 g/mol. The molecule has 0 bridgehead atoms. The molecule has 6 heteroatoms. The van der Waals surface area contributed by atoms with E-state index < -0.39 is 5.97 Å². The topological polar surface area (TPSA) is 78.9 Å². The average Bonchev–Trinajstić information content (AvgIpc) is 2.46. The van der Waals surface area contributed by atoms with Crippen molar-refractivity contribution < 1.29 is 19.4 Å². The van der Waals surface area contributed by atoms with Crippen molar-refractivity contribution in [2.75, 3.05) is 13.6 Å². The summed E-state index contributed by atoms with van der Waals surface area (Å²) in [7, 11) is 1.58. The maximum absolute atomic E-state index is 11.9. The summed E-state index contributed by atoms with van der Waals surface area (Å²) in [4.78, 5) is 23.8. The van der Waals surface area contributed by atoms with Crippen molar-refractivity contribution in [3.63, 3.8) is 0 Å². The van der Waals surface area contributed by atoms with Crippen molar-refractivity contribution in [2.45, 2.75) is 38.3 Å². The number of carbonyl (C=O) groups is 2. The Hall–Kier alpha value is -2.24. The highest BCUT2D eigenvalue weighted by molar-refractivity contribution is 5.75. The first kappa shape index (κ1) is 16.1. The summed E-state index contributed by atoms with van der Waals surface area (Å²) in [5, 5.41) is 11.4. The van der Waals surface area contributed by atoms with Crippen LogP contribution in [0.5, 0.6) is 5.75 Å². The number of nitrogens with zero attached hydrogens (tertiary/aromatic N) is 1. The van der Waals surface area contributed by atoms with Gasteiger partial charge in [0.15, 0.2) is 0 Å². The van der Waals surface area contributed by atoms with Crippen LogP contribution in [0.4, 0.5) is 4.79 Å². The lowest BCUT2D eigenvalue weighted by Crippen LogP contribution is -2.38. The number of rotatable bonds is 7. The Kier molecular flexibility index (Phi) is 5.63. The van der Waals surface area contributed by atoms with Crippen molar-refractivity contribution in [3.8, 4) is 5.75 Å². The van der Waals surface area contributed by atoms with Gasteiger partial charge in [0, 0.05) is 25.7 Å². The molecule has 1 saturated carbocycles. The van der Waals surface area contributed by atoms with E-state index in [2.05, 4.69) is 5.32 Å². The summed E-state index contributed by atoms with van der Waals surface area (Å²) < 4.78 is 5.91. The van der Waals surface area contributed by atoms with E-state index in [4.69, 9.17) is 9.84 Å². The molecule has 1 aliphatic carbocycles. The molecule has 1 fully saturated rings. The Labute approximate surface area is 130 Å². The van der Waals surface area contributed by atoms with E-state index in [-0.39, 0.29) is 25.1 Å². The van der Waals surface area contributed by atoms with Crippen LogP contribution in [0.3, 0.4) is 0 Å². The van der Waals surface area contributed by atoms with E-state index in [9.17, 15) is 9.59 Å². The van der Waals surface area contributed by atoms with Crippen LogP contribution in [0.25, 0.3) is 0 Å². The van der Waals surface area contributed by atoms with Gasteiger partial charge in [0.25, 0.3) is 0 Å². The molecule has 120 valence electrons. The predicted molar refractivity (Wildman–Crippen MR) is 81.8 cm³/mol. The van der Waals surface area contributed by atoms with Crippen LogP contribution < -0.4 is 10.1 Å². The van der Waals surface area contributed by atoms with Gasteiger partial charge in [-0.15, -0.1) is 0 Å². The summed E-state index contributed by atoms with van der Waals surface area (Å²) in [5.74, 6) is -0.111. The third-order valence-corrected chi connectivity index (χ3v) is 3.76. The standard InChI is InChI=1S/C16H22N2O4/c1-18(10-9-15(19)20)16(21)17-11-12-5-2-3-8-14(12)22-13-6-4-7-13/h2-3,5,8,13H,4,6-7,9-11H2,1H3,(H,17,21)(H,19,20). The molecular formula is C16H22N2O4. The van der Waals surface area contributed by atoms with E-state index >= 15 is 0 Å². The normalized spacial score (nSPS) is 14.0. The second-order valence-electron chi connectivity index (χ2n) is 5.50. The molecule has 2 amide bonds. The molecule has 2 N–H and O–H groups in total. The summed E-state index contributed by atoms with van der Waals surface area (Å²) in [6.45, 7) is 0.542. The Morgan fingerprint density at radius 1 is 1.36 bits per heavy atom. The molecular weight excluding hydrogens is 284 g/mol. The molecule has 0 heterocycles. The second-order valence-corrected chi connectivity index (χ2v) is 5.50. The molecule has 22 heavy (non-hydrogen) atoms. The minimum Gasteiger partial charge on any atom is -0.490 e. The lowest BCUT2D eigenvalue weighted by molar-refractivity contribution is -0.137. The van der Waals surface area contributed by atoms with Crippen molar-refractivity contribution in [2.24, 2.45) is 0 Å². The van der Waals surface area contributed by atoms with Gasteiger partial charge in [-0.25, -0.2) is 4.79 Å². The molecule has 1 aromatic rings. The van der Waals surface area contributed by atoms with Gasteiger partial charge in [-0.1, -0.05) is 18.2 Å². The first-order chi connectivity index (χ1) is 10.6. The minimum atomic E-state index is -0.918. The Balaban J connectivity index is 1.85. The highest BCUT2D eigenvalue weighted by Crippen LogP contribution is 2.27. The highest BCUT2D eigenvalue weighted by atomic mass is 16.5. The van der Waals surface area contributed by atoms with Crippen LogP contribution in [-0.4, -0.2) is 41.7 Å². The lowest BCUT2D eigenvalue weighted by Gasteiger charge is -2.27. The molecule has 0 atom stereocenters. The third kappa shape index (κ3) is 4.65. The van der Waals surface area contributed by atoms with Crippen LogP contribution in [-0.2, 0) is 11.3 Å². The fourth-order valence-corrected chi connectivity index (χ4v) is 2.10. The molecule has 0 saturated heterocycles. The van der Waals surface area contributed by atoms with Gasteiger partial charge >= 0.3 is 12.0 Å². The van der Waals surface area contributed by atoms with E-state index in [1.54, 1.807) is 7.05 Å². The molecule has 1 aromatic carbocycles. The van der Waals surface area contributed by atoms with Crippen LogP contribution in [0.1, 0.15) is 31.2 Å². The van der Waals surface area contributed by atoms with Gasteiger partial charge in [-0.05, 0) is 25.3 Å². The van der Waals surface area contributed by atoms with Crippen LogP contribution in [0.15, 0.2) is 24.3 Å². The summed E-state index contributed by atoms with van der Waals surface area (Å²) in [5.41, 5.74) is 0.925. The Morgan fingerprint density at radius 3 is 2.73 bits per heavy atom. The van der Waals surface area contributed by atoms with Gasteiger partial charge in [0.2, 0.25) is 0 Å². The summed E-state index contributed by atoms with van der Waals surface area (Å²) >= 11 is 0. The number of ether oxygens (including phenoxy) is 1. The number of para-hydroxylation sites is 1. The zero-order chi connectivity index (χ0) is 15.9. The molecule has 0 spiro atoms. The van der Waals surface area contributed by atoms with Crippen LogP contribution in [0.2, 0.25) is 0 Å². The van der Waals surface area contributed by atoms with Gasteiger partial charge in [0.05, 0.1) is 12.5 Å². The van der Waals surface area contributed by atoms with E-state index in [0.717, 1.165) is 24.2 Å². The molecule has 0 unspecified atom stereocenters. The van der Waals surface area contributed by atoms with Gasteiger partial charge < -0.3 is 20.1 Å². The van der Waals surface area contributed by atoms with Crippen molar-refractivity contribution in [3.05, 3.63) is 29.8 Å². The van der Waals surface area contributed by atoms with Crippen molar-refractivity contribution in [1.29, 1.82) is 0 Å². The minimum absolute atomic E-state index is 0.0642. The largest absolute Gasteiger partial charge is 0.490 e. The predicted octanol–water partition coefficient (Wildman–Crippen LogP) is 2.23. The number of hydrogen-bond donors (Lipinski definition) is 2. The number of hydrogen-bond acceptors (Lipinski definition) is 3. The number of carbonyl (C=O) groups excluding carboxylic acids is 1. The van der Waals surface area contributed by atoms with Gasteiger partial charge in [0.1, 0.15) is 5.75 Å². The molecule has 0 radical (unpaired) electrons. The quantitative estimate of drug-likeness (QED) is 0.809. The van der Waals surface area contributed by atoms with E-state index in [1.807, 2.05) is 24.3 Å². The number of aliphatic carboxylic acids is 1. The SMILES string of the molecule is CN(CCC(=O)O)C(=O)NCc1ccccc1OC1CCC1. The first-order valence-corrected chi connectivity index (χ1v) is 7.51. The van der Waals surface area contributed by atoms with Gasteiger partial charge in [-0.2, -0.15) is 0 Å². The number of carboxylic acids is 1. The molecule has 1 aliphatic rings. The zero-order valence-corrected chi connectivity index (χ0v) is 12.7. The first-order valence-electron chi connectivity index (χ1n) is 7.51. The fourth-order valence-electron chi connectivity index (χ4n) is 2.10. The maximum atomic E-state index is 11.9. The van der Waals surface area contributed by atoms with Crippen LogP contribution in [0, 0.1) is 0 Å². The highest BCUT2D eigenvalue weighted by Gasteiger charge is 2.20. The smallest absolute Gasteiger partial charge is 0.317 e. The van der Waals surface area contributed by atoms with E-state index in [0.29, 0.717) is 6.54 Å². The van der Waals surface area contributed by atoms with Crippen molar-refractivity contribution >= 4 is 12.0 Å². The number of benzene rings is 1. The van der Waals surface area contributed by atoms with Crippen LogP contribution >= 0.6 is 0 Å². The van der Waals surface area contributed by atoms with E-state index in [1.165, 1.54) is 11.3 Å². The fraction of sp³-hybridized carbons (Fsp3) is 0.500. The third-order valence-electron chi connectivity index (χ3n) is 3.76. The van der Waals surface area contributed by atoms with Gasteiger partial charge in [-0.3, -0.25) is 4.79 Å². The lowest BCUT2D eigenvalue weighted by atomic mass is 9.96. The Morgan fingerprint density at radius 2 is 2.09 bits per heavy atom. The number of urea groups is 1. The number of amides is 2. The molecule has 6 nitrogen and oxygen atoms in total. The molecule has 0 aliphatic heterocycles. The molecule has 2 rings (SSSR count). The molecule has 0 aromatic heterocycles. The zero-order valence-electron chi connectivity index (χ0n) is 12.7. The summed E-state index contributed by atoms with van der Waals surface area (Å²) in [6, 6.07) is 7.36. The second kappa shape index (κ2) is 7.68. The Bertz CT molecular complexity index is 529.